The zero-order chi connectivity index (χ0) is 21.4. The zero-order valence-corrected chi connectivity index (χ0v) is 16.0. The van der Waals surface area contributed by atoms with Crippen molar-refractivity contribution >= 4 is 22.9 Å². The number of rotatable bonds is 4. The molecule has 0 saturated heterocycles. The molecule has 0 bridgehead atoms. The van der Waals surface area contributed by atoms with Gasteiger partial charge in [0.2, 0.25) is 0 Å². The minimum atomic E-state index is -1.09. The second kappa shape index (κ2) is 7.33. The number of carbonyl (C=O) groups excluding carboxylic acids is 1. The molecular weight excluding hydrogens is 384 g/mol. The van der Waals surface area contributed by atoms with Crippen LogP contribution in [0.3, 0.4) is 0 Å². The van der Waals surface area contributed by atoms with E-state index < -0.39 is 11.9 Å². The van der Waals surface area contributed by atoms with Crippen LogP contribution in [0.2, 0.25) is 0 Å². The average molecular weight is 400 g/mol. The molecule has 4 rings (SSSR count). The number of fused-ring (bicyclic) bond motifs is 2. The van der Waals surface area contributed by atoms with Gasteiger partial charge in [0.15, 0.2) is 5.43 Å². The molecule has 1 aliphatic carbocycles. The highest BCUT2D eigenvalue weighted by Gasteiger charge is 2.22. The number of carboxylic acids is 1. The predicted molar refractivity (Wildman–Crippen MR) is 112 cm³/mol. The Hall–Kier alpha value is -4.19. The van der Waals surface area contributed by atoms with E-state index in [1.54, 1.807) is 49.4 Å². The number of benzene rings is 3. The lowest BCUT2D eigenvalue weighted by molar-refractivity contribution is -0.130. The Kier molecular flexibility index (Phi) is 4.68. The Labute approximate surface area is 171 Å². The van der Waals surface area contributed by atoms with Crippen molar-refractivity contribution in [1.29, 1.82) is 0 Å². The molecule has 0 saturated carbocycles. The monoisotopic (exact) mass is 400 g/mol. The summed E-state index contributed by atoms with van der Waals surface area (Å²) >= 11 is 0. The third kappa shape index (κ3) is 3.35. The maximum atomic E-state index is 11.9. The van der Waals surface area contributed by atoms with Gasteiger partial charge in [-0.05, 0) is 48.9 Å². The Bertz CT molecular complexity index is 1360. The molecule has 1 heterocycles. The van der Waals surface area contributed by atoms with E-state index >= 15 is 0 Å². The van der Waals surface area contributed by atoms with Crippen LogP contribution in [0.1, 0.15) is 17.3 Å². The number of aromatic carboxylic acids is 1. The molecule has 0 atom stereocenters. The highest BCUT2D eigenvalue weighted by molar-refractivity contribution is 6.07. The minimum absolute atomic E-state index is 0.0989. The van der Waals surface area contributed by atoms with Crippen molar-refractivity contribution in [2.45, 2.75) is 6.92 Å². The van der Waals surface area contributed by atoms with Gasteiger partial charge in [-0.25, -0.2) is 9.59 Å². The van der Waals surface area contributed by atoms with E-state index in [2.05, 4.69) is 6.58 Å². The summed E-state index contributed by atoms with van der Waals surface area (Å²) in [6, 6.07) is 15.7. The lowest BCUT2D eigenvalue weighted by atomic mass is 9.91. The molecule has 1 aliphatic heterocycles. The van der Waals surface area contributed by atoms with E-state index in [1.807, 2.05) is 0 Å². The quantitative estimate of drug-likeness (QED) is 0.230. The van der Waals surface area contributed by atoms with Crippen molar-refractivity contribution < 1.29 is 23.8 Å². The summed E-state index contributed by atoms with van der Waals surface area (Å²) < 4.78 is 11.2. The second-order valence-electron chi connectivity index (χ2n) is 6.81. The number of carbonyl (C=O) groups is 2. The van der Waals surface area contributed by atoms with E-state index in [-0.39, 0.29) is 22.3 Å². The molecule has 0 spiro atoms. The molecule has 0 aromatic heterocycles. The van der Waals surface area contributed by atoms with Crippen LogP contribution in [0.25, 0.3) is 33.4 Å². The molecule has 2 aromatic rings. The Balaban J connectivity index is 2.09. The van der Waals surface area contributed by atoms with Crippen molar-refractivity contribution in [1.82, 2.24) is 0 Å². The first kappa shape index (κ1) is 19.1. The molecule has 1 N–H and O–H groups in total. The van der Waals surface area contributed by atoms with E-state index in [9.17, 15) is 19.5 Å². The van der Waals surface area contributed by atoms with E-state index in [1.165, 1.54) is 18.2 Å². The van der Waals surface area contributed by atoms with Crippen molar-refractivity contribution in [3.63, 3.8) is 0 Å². The fourth-order valence-electron chi connectivity index (χ4n) is 3.29. The maximum Gasteiger partial charge on any atom is 0.338 e. The molecule has 2 aliphatic rings. The summed E-state index contributed by atoms with van der Waals surface area (Å²) in [5, 5.41) is 10.2. The Morgan fingerprint density at radius 1 is 1.00 bits per heavy atom. The van der Waals surface area contributed by atoms with E-state index in [0.717, 1.165) is 0 Å². The summed E-state index contributed by atoms with van der Waals surface area (Å²) in [5.41, 5.74) is 2.13. The highest BCUT2D eigenvalue weighted by Crippen LogP contribution is 2.42. The Morgan fingerprint density at radius 3 is 2.50 bits per heavy atom. The second-order valence-corrected chi connectivity index (χ2v) is 6.81. The summed E-state index contributed by atoms with van der Waals surface area (Å²) in [5.74, 6) is -1.06. The maximum absolute atomic E-state index is 11.9. The van der Waals surface area contributed by atoms with Gasteiger partial charge >= 0.3 is 11.9 Å². The summed E-state index contributed by atoms with van der Waals surface area (Å²) in [6.45, 7) is 5.11. The molecule has 6 heteroatoms. The van der Waals surface area contributed by atoms with Gasteiger partial charge in [0.25, 0.3) is 0 Å². The van der Waals surface area contributed by atoms with Crippen molar-refractivity contribution in [2.24, 2.45) is 0 Å². The lowest BCUT2D eigenvalue weighted by Gasteiger charge is -2.17. The largest absolute Gasteiger partial charge is 0.478 e. The first-order valence-corrected chi connectivity index (χ1v) is 9.06. The van der Waals surface area contributed by atoms with Gasteiger partial charge < -0.3 is 14.3 Å². The van der Waals surface area contributed by atoms with Crippen LogP contribution in [0.5, 0.6) is 5.75 Å². The molecule has 2 aromatic carbocycles. The molecule has 0 fully saturated rings. The fraction of sp³-hybridized carbons (Fsp3) is 0.0417. The first-order valence-electron chi connectivity index (χ1n) is 9.06. The minimum Gasteiger partial charge on any atom is -0.478 e. The molecule has 0 radical (unpaired) electrons. The lowest BCUT2D eigenvalue weighted by Crippen LogP contribution is -2.08. The average Bonchev–Trinajstić information content (AvgIpc) is 2.72. The van der Waals surface area contributed by atoms with E-state index in [4.69, 9.17) is 9.15 Å². The molecule has 6 nitrogen and oxygen atoms in total. The number of hydrogen-bond acceptors (Lipinski definition) is 5. The van der Waals surface area contributed by atoms with E-state index in [0.29, 0.717) is 33.4 Å². The first-order chi connectivity index (χ1) is 14.3. The fourth-order valence-corrected chi connectivity index (χ4v) is 3.29. The van der Waals surface area contributed by atoms with Crippen LogP contribution in [0.4, 0.5) is 0 Å². The third-order valence-electron chi connectivity index (χ3n) is 4.65. The van der Waals surface area contributed by atoms with Crippen molar-refractivity contribution in [2.75, 3.05) is 0 Å². The number of esters is 1. The summed E-state index contributed by atoms with van der Waals surface area (Å²) in [6.07, 6.45) is 0. The van der Waals surface area contributed by atoms with Crippen LogP contribution < -0.4 is 10.2 Å². The van der Waals surface area contributed by atoms with Crippen LogP contribution >= 0.6 is 0 Å². The highest BCUT2D eigenvalue weighted by atomic mass is 16.5. The van der Waals surface area contributed by atoms with Crippen molar-refractivity contribution in [3.05, 3.63) is 88.6 Å². The molecule has 0 unspecified atom stereocenters. The number of ether oxygens (including phenoxy) is 1. The van der Waals surface area contributed by atoms with Crippen LogP contribution in [0, 0.1) is 0 Å². The van der Waals surface area contributed by atoms with Crippen molar-refractivity contribution in [3.8, 4) is 28.2 Å². The predicted octanol–water partition coefficient (Wildman–Crippen LogP) is 4.74. The Morgan fingerprint density at radius 2 is 1.77 bits per heavy atom. The topological polar surface area (TPSA) is 93.8 Å². The summed E-state index contributed by atoms with van der Waals surface area (Å²) in [4.78, 5) is 35.7. The zero-order valence-electron chi connectivity index (χ0n) is 16.0. The van der Waals surface area contributed by atoms with Gasteiger partial charge in [-0.2, -0.15) is 0 Å². The van der Waals surface area contributed by atoms with Gasteiger partial charge in [0, 0.05) is 28.2 Å². The van der Waals surface area contributed by atoms with Gasteiger partial charge in [0.05, 0.1) is 5.56 Å². The molecule has 30 heavy (non-hydrogen) atoms. The third-order valence-corrected chi connectivity index (χ3v) is 4.65. The standard InChI is InChI=1S/C24H16O6/c1-13(2)24(28)29-15-8-10-20-19(12-15)22(16-5-3-4-6-17(16)23(26)27)18-9-7-14(25)11-21(18)30-20/h3-12H,1H2,2H3,(H,26,27). The molecular formula is C24H16O6. The molecule has 148 valence electrons. The SMILES string of the molecule is C=C(C)C(=O)Oc1ccc2oc3cc(=O)ccc-3c(-c3ccccc3C(=O)O)c2c1. The normalized spacial score (nSPS) is 10.8. The van der Waals surface area contributed by atoms with Gasteiger partial charge in [-0.3, -0.25) is 4.79 Å². The van der Waals surface area contributed by atoms with Gasteiger partial charge in [0.1, 0.15) is 17.1 Å². The number of hydrogen-bond donors (Lipinski definition) is 1. The molecule has 0 amide bonds. The van der Waals surface area contributed by atoms with Crippen LogP contribution in [0.15, 0.2) is 82.0 Å². The van der Waals surface area contributed by atoms with Gasteiger partial charge in [-0.1, -0.05) is 24.8 Å². The van der Waals surface area contributed by atoms with Crippen LogP contribution in [-0.2, 0) is 4.79 Å². The van der Waals surface area contributed by atoms with Crippen LogP contribution in [-0.4, -0.2) is 17.0 Å². The number of carboxylic acid groups (broad SMARTS) is 1. The smallest absolute Gasteiger partial charge is 0.338 e. The van der Waals surface area contributed by atoms with Gasteiger partial charge in [-0.15, -0.1) is 0 Å². The summed E-state index contributed by atoms with van der Waals surface area (Å²) in [7, 11) is 0.